The summed E-state index contributed by atoms with van der Waals surface area (Å²) in [5.41, 5.74) is 3.50. The Morgan fingerprint density at radius 1 is 1.04 bits per heavy atom. The molecule has 134 valence electrons. The molecule has 2 heterocycles. The third-order valence-corrected chi connectivity index (χ3v) is 4.26. The van der Waals surface area contributed by atoms with Gasteiger partial charge in [0.05, 0.1) is 6.20 Å². The molecule has 0 aliphatic carbocycles. The van der Waals surface area contributed by atoms with Crippen molar-refractivity contribution in [3.8, 4) is 0 Å². The molecule has 1 aromatic carbocycles. The van der Waals surface area contributed by atoms with E-state index in [0.29, 0.717) is 11.9 Å². The van der Waals surface area contributed by atoms with Crippen LogP contribution in [0, 0.1) is 0 Å². The van der Waals surface area contributed by atoms with Crippen molar-refractivity contribution in [3.05, 3.63) is 66.1 Å². The smallest absolute Gasteiger partial charge is 0.249 e. The summed E-state index contributed by atoms with van der Waals surface area (Å²) in [5, 5.41) is 11.4. The van der Waals surface area contributed by atoms with Crippen LogP contribution < -0.4 is 10.2 Å². The lowest BCUT2D eigenvalue weighted by Crippen LogP contribution is -2.22. The van der Waals surface area contributed by atoms with E-state index in [9.17, 15) is 0 Å². The van der Waals surface area contributed by atoms with Crippen LogP contribution in [0.2, 0.25) is 0 Å². The monoisotopic (exact) mass is 348 g/mol. The Kier molecular flexibility index (Phi) is 5.73. The van der Waals surface area contributed by atoms with E-state index in [0.717, 1.165) is 24.5 Å². The van der Waals surface area contributed by atoms with E-state index >= 15 is 0 Å². The Hall–Kier alpha value is -3.02. The van der Waals surface area contributed by atoms with Crippen molar-refractivity contribution in [2.24, 2.45) is 0 Å². The Bertz CT molecular complexity index is 817. The van der Waals surface area contributed by atoms with Gasteiger partial charge in [0.15, 0.2) is 5.82 Å². The summed E-state index contributed by atoms with van der Waals surface area (Å²) < 4.78 is 0. The van der Waals surface area contributed by atoms with Crippen molar-refractivity contribution >= 4 is 17.5 Å². The summed E-state index contributed by atoms with van der Waals surface area (Å²) in [5.74, 6) is 1.80. The zero-order valence-corrected chi connectivity index (χ0v) is 15.4. The summed E-state index contributed by atoms with van der Waals surface area (Å²) in [6.07, 6.45) is 6.23. The van der Waals surface area contributed by atoms with Gasteiger partial charge in [0, 0.05) is 31.7 Å². The molecule has 0 aliphatic heterocycles. The molecule has 0 amide bonds. The Morgan fingerprint density at radius 2 is 1.77 bits per heavy atom. The molecule has 2 aromatic heterocycles. The Labute approximate surface area is 154 Å². The predicted octanol–water partition coefficient (Wildman–Crippen LogP) is 3.81. The first kappa shape index (κ1) is 17.8. The minimum absolute atomic E-state index is 0.496. The number of aromatic nitrogens is 4. The fraction of sp³-hybridized carbons (Fsp3) is 0.300. The largest absolute Gasteiger partial charge is 0.358 e. The average molecular weight is 348 g/mol. The topological polar surface area (TPSA) is 66.8 Å². The number of likely N-dealkylation sites (N-methyl/N-ethyl adjacent to an activating group) is 1. The molecular weight excluding hydrogens is 324 g/mol. The van der Waals surface area contributed by atoms with E-state index < -0.39 is 0 Å². The molecule has 0 unspecified atom stereocenters. The second-order valence-electron chi connectivity index (χ2n) is 6.57. The number of anilines is 3. The first-order valence-corrected chi connectivity index (χ1v) is 8.78. The summed E-state index contributed by atoms with van der Waals surface area (Å²) in [4.78, 5) is 10.7. The number of hydrogen-bond acceptors (Lipinski definition) is 6. The molecule has 6 heteroatoms. The molecule has 0 spiro atoms. The number of hydrogen-bond donors (Lipinski definition) is 1. The highest BCUT2D eigenvalue weighted by Crippen LogP contribution is 2.19. The SMILES string of the molecule is CC(C)c1ccc(Nc2nncc(N(C)CCc3ccncc3)n2)cc1. The van der Waals surface area contributed by atoms with Crippen molar-refractivity contribution in [1.29, 1.82) is 0 Å². The van der Waals surface area contributed by atoms with Gasteiger partial charge >= 0.3 is 0 Å². The van der Waals surface area contributed by atoms with E-state index in [-0.39, 0.29) is 0 Å². The Morgan fingerprint density at radius 3 is 2.46 bits per heavy atom. The number of benzene rings is 1. The predicted molar refractivity (Wildman–Crippen MR) is 105 cm³/mol. The van der Waals surface area contributed by atoms with Gasteiger partial charge in [-0.1, -0.05) is 26.0 Å². The zero-order chi connectivity index (χ0) is 18.4. The van der Waals surface area contributed by atoms with Crippen molar-refractivity contribution in [2.45, 2.75) is 26.2 Å². The standard InChI is InChI=1S/C20H24N6/c1-15(2)17-4-6-18(7-5-17)23-20-24-19(14-22-25-20)26(3)13-10-16-8-11-21-12-9-16/h4-9,11-12,14-15H,10,13H2,1-3H3,(H,23,24,25). The summed E-state index contributed by atoms with van der Waals surface area (Å²) >= 11 is 0. The highest BCUT2D eigenvalue weighted by atomic mass is 15.3. The molecular formula is C20H24N6. The molecule has 3 rings (SSSR count). The molecule has 0 fully saturated rings. The maximum Gasteiger partial charge on any atom is 0.249 e. The van der Waals surface area contributed by atoms with Crippen molar-refractivity contribution < 1.29 is 0 Å². The van der Waals surface area contributed by atoms with Crippen LogP contribution in [0.15, 0.2) is 55.0 Å². The van der Waals surface area contributed by atoms with E-state index in [1.54, 1.807) is 6.20 Å². The van der Waals surface area contributed by atoms with E-state index in [2.05, 4.69) is 56.4 Å². The third-order valence-electron chi connectivity index (χ3n) is 4.26. The minimum Gasteiger partial charge on any atom is -0.358 e. The van der Waals surface area contributed by atoms with E-state index in [4.69, 9.17) is 0 Å². The van der Waals surface area contributed by atoms with Gasteiger partial charge in [-0.05, 0) is 47.7 Å². The number of rotatable bonds is 7. The average Bonchev–Trinajstić information content (AvgIpc) is 2.67. The van der Waals surface area contributed by atoms with Crippen LogP contribution in [0.5, 0.6) is 0 Å². The number of pyridine rings is 1. The quantitative estimate of drug-likeness (QED) is 0.700. The molecule has 0 saturated heterocycles. The maximum absolute atomic E-state index is 4.57. The summed E-state index contributed by atoms with van der Waals surface area (Å²) in [7, 11) is 2.01. The van der Waals surface area contributed by atoms with Gasteiger partial charge < -0.3 is 10.2 Å². The van der Waals surface area contributed by atoms with Gasteiger partial charge in [0.25, 0.3) is 0 Å². The number of nitrogens with zero attached hydrogens (tertiary/aromatic N) is 5. The molecule has 0 radical (unpaired) electrons. The highest BCUT2D eigenvalue weighted by Gasteiger charge is 2.07. The summed E-state index contributed by atoms with van der Waals surface area (Å²) in [6.45, 7) is 5.20. The van der Waals surface area contributed by atoms with E-state index in [1.165, 1.54) is 11.1 Å². The second kappa shape index (κ2) is 8.38. The minimum atomic E-state index is 0.496. The lowest BCUT2D eigenvalue weighted by Gasteiger charge is -2.18. The summed E-state index contributed by atoms with van der Waals surface area (Å²) in [6, 6.07) is 12.4. The maximum atomic E-state index is 4.57. The van der Waals surface area contributed by atoms with Crippen LogP contribution in [-0.4, -0.2) is 33.8 Å². The molecule has 3 aromatic rings. The highest BCUT2D eigenvalue weighted by molar-refractivity contribution is 5.55. The molecule has 6 nitrogen and oxygen atoms in total. The van der Waals surface area contributed by atoms with Crippen molar-refractivity contribution in [3.63, 3.8) is 0 Å². The molecule has 1 N–H and O–H groups in total. The third kappa shape index (κ3) is 4.75. The molecule has 0 bridgehead atoms. The fourth-order valence-electron chi connectivity index (χ4n) is 2.57. The van der Waals surface area contributed by atoms with Gasteiger partial charge in [-0.25, -0.2) is 0 Å². The first-order chi connectivity index (χ1) is 12.6. The van der Waals surface area contributed by atoms with Crippen molar-refractivity contribution in [2.75, 3.05) is 23.8 Å². The lowest BCUT2D eigenvalue weighted by atomic mass is 10.0. The Balaban J connectivity index is 1.63. The van der Waals surface area contributed by atoms with Gasteiger partial charge in [0.1, 0.15) is 0 Å². The zero-order valence-electron chi connectivity index (χ0n) is 15.4. The van der Waals surface area contributed by atoms with Gasteiger partial charge in [0.2, 0.25) is 5.95 Å². The lowest BCUT2D eigenvalue weighted by molar-refractivity contribution is 0.840. The molecule has 0 saturated carbocycles. The van der Waals surface area contributed by atoms with Crippen LogP contribution in [-0.2, 0) is 6.42 Å². The number of nitrogens with one attached hydrogen (secondary N) is 1. The molecule has 26 heavy (non-hydrogen) atoms. The normalized spacial score (nSPS) is 10.8. The molecule has 0 aliphatic rings. The van der Waals surface area contributed by atoms with E-state index in [1.807, 2.05) is 43.7 Å². The van der Waals surface area contributed by atoms with Crippen LogP contribution in [0.25, 0.3) is 0 Å². The fourth-order valence-corrected chi connectivity index (χ4v) is 2.57. The second-order valence-corrected chi connectivity index (χ2v) is 6.57. The van der Waals surface area contributed by atoms with Crippen LogP contribution >= 0.6 is 0 Å². The van der Waals surface area contributed by atoms with Crippen LogP contribution in [0.3, 0.4) is 0 Å². The van der Waals surface area contributed by atoms with Gasteiger partial charge in [-0.3, -0.25) is 4.98 Å². The van der Waals surface area contributed by atoms with Gasteiger partial charge in [-0.15, -0.1) is 5.10 Å². The van der Waals surface area contributed by atoms with Gasteiger partial charge in [-0.2, -0.15) is 10.1 Å². The van der Waals surface area contributed by atoms with Crippen LogP contribution in [0.1, 0.15) is 30.9 Å². The molecule has 0 atom stereocenters. The first-order valence-electron chi connectivity index (χ1n) is 8.78. The van der Waals surface area contributed by atoms with Crippen LogP contribution in [0.4, 0.5) is 17.5 Å². The van der Waals surface area contributed by atoms with Crippen molar-refractivity contribution in [1.82, 2.24) is 20.2 Å².